The van der Waals surface area contributed by atoms with E-state index in [0.717, 1.165) is 40.7 Å². The molecule has 0 saturated carbocycles. The third-order valence-electron chi connectivity index (χ3n) is 6.37. The van der Waals surface area contributed by atoms with Crippen LogP contribution in [0, 0.1) is 0 Å². The Hall–Kier alpha value is -3.64. The second-order valence-electron chi connectivity index (χ2n) is 10.1. The first-order valence-corrected chi connectivity index (χ1v) is 12.1. The van der Waals surface area contributed by atoms with Gasteiger partial charge in [0.25, 0.3) is 0 Å². The Balaban J connectivity index is 1.99. The van der Waals surface area contributed by atoms with Crippen LogP contribution in [0.1, 0.15) is 84.7 Å². The highest BCUT2D eigenvalue weighted by molar-refractivity contribution is 5.78. The van der Waals surface area contributed by atoms with Gasteiger partial charge < -0.3 is 0 Å². The molecule has 0 unspecified atom stereocenters. The van der Waals surface area contributed by atoms with Crippen molar-refractivity contribution in [1.82, 2.24) is 0 Å². The van der Waals surface area contributed by atoms with E-state index in [4.69, 9.17) is 0 Å². The molecule has 0 heteroatoms. The minimum atomic E-state index is 0.858. The van der Waals surface area contributed by atoms with E-state index in [0.29, 0.717) is 0 Å². The van der Waals surface area contributed by atoms with Gasteiger partial charge in [-0.15, -0.1) is 0 Å². The van der Waals surface area contributed by atoms with E-state index < -0.39 is 0 Å². The Bertz CT molecular complexity index is 1260. The molecule has 0 fully saturated rings. The molecule has 0 aromatic heterocycles. The van der Waals surface area contributed by atoms with Gasteiger partial charge in [0.2, 0.25) is 0 Å². The fourth-order valence-corrected chi connectivity index (χ4v) is 4.54. The van der Waals surface area contributed by atoms with Crippen molar-refractivity contribution in [1.29, 1.82) is 0 Å². The zero-order chi connectivity index (χ0) is 25.9. The molecule has 0 spiro atoms. The van der Waals surface area contributed by atoms with Crippen LogP contribution in [-0.4, -0.2) is 0 Å². The quantitative estimate of drug-likeness (QED) is 0.299. The molecule has 178 valence electrons. The number of hydrogen-bond donors (Lipinski definition) is 0. The maximum atomic E-state index is 4.22. The summed E-state index contributed by atoms with van der Waals surface area (Å²) in [5.74, 6) is 0. The summed E-state index contributed by atoms with van der Waals surface area (Å²) < 4.78 is 0. The van der Waals surface area contributed by atoms with E-state index in [-0.39, 0.29) is 0 Å². The van der Waals surface area contributed by atoms with E-state index in [1.807, 2.05) is 13.8 Å². The summed E-state index contributed by atoms with van der Waals surface area (Å²) in [4.78, 5) is 0. The Kier molecular flexibility index (Phi) is 7.97. The van der Waals surface area contributed by atoms with Crippen molar-refractivity contribution >= 4 is 27.9 Å². The molecule has 3 rings (SSSR count). The van der Waals surface area contributed by atoms with Gasteiger partial charge in [-0.25, -0.2) is 0 Å². The second-order valence-corrected chi connectivity index (χ2v) is 10.1. The molecule has 3 aromatic carbocycles. The van der Waals surface area contributed by atoms with Gasteiger partial charge in [-0.05, 0) is 97.5 Å². The fraction of sp³-hybridized carbons (Fsp3) is 0.200. The number of hydrogen-bond acceptors (Lipinski definition) is 0. The van der Waals surface area contributed by atoms with Crippen molar-refractivity contribution in [3.8, 4) is 0 Å². The summed E-state index contributed by atoms with van der Waals surface area (Å²) in [5, 5.41) is 0. The van der Waals surface area contributed by atoms with Crippen molar-refractivity contribution in [2.75, 3.05) is 0 Å². The summed E-state index contributed by atoms with van der Waals surface area (Å²) in [6, 6.07) is 20.1. The minimum Gasteiger partial charge on any atom is -0.0955 e. The van der Waals surface area contributed by atoms with Crippen LogP contribution in [0.5, 0.6) is 0 Å². The topological polar surface area (TPSA) is 0 Å². The molecule has 3 aromatic rings. The highest BCUT2D eigenvalue weighted by Crippen LogP contribution is 2.29. The zero-order valence-electron chi connectivity index (χ0n) is 22.1. The van der Waals surface area contributed by atoms with Crippen LogP contribution in [0.4, 0.5) is 0 Å². The Morgan fingerprint density at radius 1 is 0.429 bits per heavy atom. The molecule has 0 heterocycles. The number of rotatable bonds is 9. The first-order valence-electron chi connectivity index (χ1n) is 12.1. The highest BCUT2D eigenvalue weighted by atomic mass is 14.2. The van der Waals surface area contributed by atoms with E-state index in [2.05, 4.69) is 108 Å². The molecule has 0 nitrogen and oxygen atoms in total. The summed E-state index contributed by atoms with van der Waals surface area (Å²) in [6.07, 6.45) is 1.72. The lowest BCUT2D eigenvalue weighted by molar-refractivity contribution is 1.13. The third kappa shape index (κ3) is 6.28. The molecule has 0 N–H and O–H groups in total. The lowest BCUT2D eigenvalue weighted by Crippen LogP contribution is -1.98. The van der Waals surface area contributed by atoms with Crippen LogP contribution in [0.3, 0.4) is 0 Å². The molecular formula is C35H38. The van der Waals surface area contributed by atoms with Gasteiger partial charge in [0.05, 0.1) is 0 Å². The number of benzene rings is 3. The van der Waals surface area contributed by atoms with Gasteiger partial charge >= 0.3 is 0 Å². The molecule has 0 aliphatic rings. The summed E-state index contributed by atoms with van der Waals surface area (Å²) >= 11 is 0. The molecule has 0 radical (unpaired) electrons. The molecular weight excluding hydrogens is 420 g/mol. The van der Waals surface area contributed by atoms with Crippen LogP contribution in [0.2, 0.25) is 0 Å². The van der Waals surface area contributed by atoms with Crippen LogP contribution in [-0.2, 0) is 12.8 Å². The van der Waals surface area contributed by atoms with Gasteiger partial charge in [0, 0.05) is 0 Å². The van der Waals surface area contributed by atoms with Crippen LogP contribution in [0.15, 0.2) is 87.5 Å². The Morgan fingerprint density at radius 2 is 0.800 bits per heavy atom. The monoisotopic (exact) mass is 458 g/mol. The van der Waals surface area contributed by atoms with Gasteiger partial charge in [0.15, 0.2) is 0 Å². The van der Waals surface area contributed by atoms with Crippen molar-refractivity contribution in [3.63, 3.8) is 0 Å². The smallest absolute Gasteiger partial charge is 0.00252 e. The molecule has 0 atom stereocenters. The number of allylic oxidation sites excluding steroid dienone is 5. The van der Waals surface area contributed by atoms with Gasteiger partial charge in [-0.2, -0.15) is 0 Å². The average molecular weight is 459 g/mol. The first-order chi connectivity index (χ1) is 16.5. The molecule has 0 aliphatic heterocycles. The van der Waals surface area contributed by atoms with E-state index in [1.165, 1.54) is 50.1 Å². The minimum absolute atomic E-state index is 0.858. The largest absolute Gasteiger partial charge is 0.0955 e. The summed E-state index contributed by atoms with van der Waals surface area (Å²) in [6.45, 7) is 31.1. The predicted molar refractivity (Wildman–Crippen MR) is 158 cm³/mol. The second kappa shape index (κ2) is 10.7. The predicted octanol–water partition coefficient (Wildman–Crippen LogP) is 10.0. The average Bonchev–Trinajstić information content (AvgIpc) is 2.78. The van der Waals surface area contributed by atoms with Crippen LogP contribution < -0.4 is 0 Å². The lowest BCUT2D eigenvalue weighted by Gasteiger charge is -2.15. The van der Waals surface area contributed by atoms with Crippen LogP contribution >= 0.6 is 0 Å². The van der Waals surface area contributed by atoms with Gasteiger partial charge in [-0.1, -0.05) is 115 Å². The normalized spacial score (nSPS) is 10.7. The maximum absolute atomic E-state index is 4.22. The van der Waals surface area contributed by atoms with Crippen LogP contribution in [0.25, 0.3) is 27.9 Å². The standard InChI is InChI=1S/C35H38/c1-22(2)31-18-29(15-27-11-13-32(23(3)4)34(20-27)25(7)8)17-30(19-31)16-28-12-14-33(24(5)6)35(21-28)26(9)10/h11-14,17-21H,1,3,5,7,9,15-16H2,2,4,6,8,10H3. The third-order valence-corrected chi connectivity index (χ3v) is 6.37. The fourth-order valence-electron chi connectivity index (χ4n) is 4.54. The Labute approximate surface area is 212 Å². The highest BCUT2D eigenvalue weighted by Gasteiger charge is 2.10. The maximum Gasteiger partial charge on any atom is -0.00252 e. The van der Waals surface area contributed by atoms with Crippen molar-refractivity contribution in [2.45, 2.75) is 47.5 Å². The SMILES string of the molecule is C=C(C)c1cc(Cc2ccc(C(=C)C)c(C(=C)C)c2)cc(Cc2ccc(C(=C)C)c(C(=C)C)c2)c1. The molecule has 0 bridgehead atoms. The molecule has 0 aliphatic carbocycles. The first kappa shape index (κ1) is 26.0. The molecule has 0 saturated heterocycles. The van der Waals surface area contributed by atoms with Crippen molar-refractivity contribution in [2.24, 2.45) is 0 Å². The van der Waals surface area contributed by atoms with Crippen molar-refractivity contribution in [3.05, 3.63) is 138 Å². The zero-order valence-corrected chi connectivity index (χ0v) is 22.1. The molecule has 35 heavy (non-hydrogen) atoms. The van der Waals surface area contributed by atoms with E-state index >= 15 is 0 Å². The van der Waals surface area contributed by atoms with Gasteiger partial charge in [0.1, 0.15) is 0 Å². The van der Waals surface area contributed by atoms with Crippen molar-refractivity contribution < 1.29 is 0 Å². The van der Waals surface area contributed by atoms with E-state index in [1.54, 1.807) is 0 Å². The summed E-state index contributed by atoms with van der Waals surface area (Å²) in [7, 11) is 0. The van der Waals surface area contributed by atoms with E-state index in [9.17, 15) is 0 Å². The Morgan fingerprint density at radius 3 is 1.11 bits per heavy atom. The lowest BCUT2D eigenvalue weighted by atomic mass is 9.90. The molecule has 0 amide bonds. The summed E-state index contributed by atoms with van der Waals surface area (Å²) in [5.41, 5.74) is 16.3. The van der Waals surface area contributed by atoms with Gasteiger partial charge in [-0.3, -0.25) is 0 Å².